The van der Waals surface area contributed by atoms with Gasteiger partial charge in [0.15, 0.2) is 0 Å². The minimum Gasteiger partial charge on any atom is -0.339 e. The molecule has 0 atom stereocenters. The Kier molecular flexibility index (Phi) is 5.01. The van der Waals surface area contributed by atoms with Crippen LogP contribution >= 0.6 is 0 Å². The third-order valence-corrected chi connectivity index (χ3v) is 4.29. The van der Waals surface area contributed by atoms with Crippen LogP contribution in [0.25, 0.3) is 0 Å². The van der Waals surface area contributed by atoms with Crippen molar-refractivity contribution in [3.63, 3.8) is 0 Å². The SMILES string of the molecule is CCN(C(=O)CN1CCC(CCN)CC1)C1CC1. The van der Waals surface area contributed by atoms with E-state index < -0.39 is 0 Å². The summed E-state index contributed by atoms with van der Waals surface area (Å²) in [4.78, 5) is 16.6. The number of rotatable bonds is 6. The Balaban J connectivity index is 1.71. The zero-order valence-electron chi connectivity index (χ0n) is 11.6. The maximum absolute atomic E-state index is 12.2. The smallest absolute Gasteiger partial charge is 0.236 e. The molecule has 2 rings (SSSR count). The molecule has 2 fully saturated rings. The highest BCUT2D eigenvalue weighted by atomic mass is 16.2. The van der Waals surface area contributed by atoms with E-state index in [1.165, 1.54) is 25.7 Å². The molecule has 0 aromatic carbocycles. The van der Waals surface area contributed by atoms with Crippen molar-refractivity contribution in [1.29, 1.82) is 0 Å². The van der Waals surface area contributed by atoms with Gasteiger partial charge in [0.2, 0.25) is 5.91 Å². The fraction of sp³-hybridized carbons (Fsp3) is 0.929. The quantitative estimate of drug-likeness (QED) is 0.770. The van der Waals surface area contributed by atoms with Gasteiger partial charge < -0.3 is 10.6 Å². The van der Waals surface area contributed by atoms with Crippen molar-refractivity contribution in [2.45, 2.75) is 45.1 Å². The van der Waals surface area contributed by atoms with Crippen LogP contribution in [0.5, 0.6) is 0 Å². The monoisotopic (exact) mass is 253 g/mol. The van der Waals surface area contributed by atoms with Gasteiger partial charge in [-0.1, -0.05) is 0 Å². The Morgan fingerprint density at radius 1 is 1.28 bits per heavy atom. The molecule has 104 valence electrons. The first-order chi connectivity index (χ1) is 8.74. The predicted molar refractivity (Wildman–Crippen MR) is 73.2 cm³/mol. The number of hydrogen-bond donors (Lipinski definition) is 1. The highest BCUT2D eigenvalue weighted by molar-refractivity contribution is 5.78. The van der Waals surface area contributed by atoms with E-state index in [2.05, 4.69) is 16.7 Å². The van der Waals surface area contributed by atoms with Gasteiger partial charge in [-0.15, -0.1) is 0 Å². The molecule has 1 heterocycles. The summed E-state index contributed by atoms with van der Waals surface area (Å²) in [5.74, 6) is 1.12. The minimum atomic E-state index is 0.331. The zero-order valence-corrected chi connectivity index (χ0v) is 11.6. The molecule has 1 amide bonds. The molecule has 2 aliphatic rings. The summed E-state index contributed by atoms with van der Waals surface area (Å²) in [6.07, 6.45) is 5.97. The second-order valence-corrected chi connectivity index (χ2v) is 5.71. The lowest BCUT2D eigenvalue weighted by Crippen LogP contribution is -2.44. The topological polar surface area (TPSA) is 49.6 Å². The fourth-order valence-corrected chi connectivity index (χ4v) is 2.98. The van der Waals surface area contributed by atoms with Gasteiger partial charge in [-0.3, -0.25) is 9.69 Å². The molecule has 4 heteroatoms. The van der Waals surface area contributed by atoms with Crippen LogP contribution in [-0.2, 0) is 4.79 Å². The molecule has 1 saturated heterocycles. The molecular formula is C14H27N3O. The van der Waals surface area contributed by atoms with E-state index in [1.54, 1.807) is 0 Å². The Labute approximate surface area is 110 Å². The maximum atomic E-state index is 12.2. The summed E-state index contributed by atoms with van der Waals surface area (Å²) in [7, 11) is 0. The van der Waals surface area contributed by atoms with Crippen molar-refractivity contribution in [1.82, 2.24) is 9.80 Å². The van der Waals surface area contributed by atoms with Gasteiger partial charge in [0.05, 0.1) is 6.54 Å². The third-order valence-electron chi connectivity index (χ3n) is 4.29. The fourth-order valence-electron chi connectivity index (χ4n) is 2.98. The van der Waals surface area contributed by atoms with Gasteiger partial charge >= 0.3 is 0 Å². The first-order valence-electron chi connectivity index (χ1n) is 7.46. The second kappa shape index (κ2) is 6.53. The van der Waals surface area contributed by atoms with E-state index in [9.17, 15) is 4.79 Å². The van der Waals surface area contributed by atoms with Gasteiger partial charge in [-0.2, -0.15) is 0 Å². The van der Waals surface area contributed by atoms with Crippen LogP contribution in [0.1, 0.15) is 39.0 Å². The molecule has 1 aliphatic carbocycles. The van der Waals surface area contributed by atoms with Crippen molar-refractivity contribution in [3.8, 4) is 0 Å². The average molecular weight is 253 g/mol. The average Bonchev–Trinajstić information content (AvgIpc) is 3.17. The number of piperidine rings is 1. The predicted octanol–water partition coefficient (Wildman–Crippen LogP) is 1.06. The van der Waals surface area contributed by atoms with Gasteiger partial charge in [0.1, 0.15) is 0 Å². The molecule has 0 bridgehead atoms. The summed E-state index contributed by atoms with van der Waals surface area (Å²) >= 11 is 0. The lowest BCUT2D eigenvalue weighted by molar-refractivity contribution is -0.133. The lowest BCUT2D eigenvalue weighted by Gasteiger charge is -2.33. The normalized spacial score (nSPS) is 22.1. The van der Waals surface area contributed by atoms with Crippen molar-refractivity contribution < 1.29 is 4.79 Å². The third kappa shape index (κ3) is 3.69. The van der Waals surface area contributed by atoms with E-state index in [1.807, 2.05) is 0 Å². The van der Waals surface area contributed by atoms with Gasteiger partial charge in [-0.05, 0) is 64.6 Å². The van der Waals surface area contributed by atoms with E-state index in [-0.39, 0.29) is 0 Å². The molecule has 4 nitrogen and oxygen atoms in total. The molecular weight excluding hydrogens is 226 g/mol. The Morgan fingerprint density at radius 3 is 2.44 bits per heavy atom. The Hall–Kier alpha value is -0.610. The number of likely N-dealkylation sites (N-methyl/N-ethyl adjacent to an activating group) is 1. The van der Waals surface area contributed by atoms with E-state index in [0.29, 0.717) is 18.5 Å². The first-order valence-corrected chi connectivity index (χ1v) is 7.46. The van der Waals surface area contributed by atoms with E-state index >= 15 is 0 Å². The Bertz CT molecular complexity index is 270. The van der Waals surface area contributed by atoms with Crippen LogP contribution in [0.4, 0.5) is 0 Å². The maximum Gasteiger partial charge on any atom is 0.236 e. The number of nitrogens with zero attached hydrogens (tertiary/aromatic N) is 2. The molecule has 0 aromatic rings. The van der Waals surface area contributed by atoms with Crippen molar-refractivity contribution >= 4 is 5.91 Å². The molecule has 0 radical (unpaired) electrons. The van der Waals surface area contributed by atoms with Crippen molar-refractivity contribution in [2.75, 3.05) is 32.7 Å². The number of likely N-dealkylation sites (tertiary alicyclic amines) is 1. The molecule has 0 spiro atoms. The first kappa shape index (κ1) is 13.8. The van der Waals surface area contributed by atoms with Crippen LogP contribution in [0.2, 0.25) is 0 Å². The van der Waals surface area contributed by atoms with Gasteiger partial charge in [0.25, 0.3) is 0 Å². The Morgan fingerprint density at radius 2 is 1.94 bits per heavy atom. The van der Waals surface area contributed by atoms with Gasteiger partial charge in [0, 0.05) is 12.6 Å². The van der Waals surface area contributed by atoms with Crippen LogP contribution in [0.3, 0.4) is 0 Å². The largest absolute Gasteiger partial charge is 0.339 e. The second-order valence-electron chi connectivity index (χ2n) is 5.71. The standard InChI is InChI=1S/C14H27N3O/c1-2-17(13-3-4-13)14(18)11-16-9-6-12(5-8-15)7-10-16/h12-13H,2-11,15H2,1H3. The van der Waals surface area contributed by atoms with E-state index in [0.717, 1.165) is 38.5 Å². The molecule has 1 saturated carbocycles. The summed E-state index contributed by atoms with van der Waals surface area (Å²) < 4.78 is 0. The van der Waals surface area contributed by atoms with Crippen molar-refractivity contribution in [2.24, 2.45) is 11.7 Å². The number of carbonyl (C=O) groups excluding carboxylic acids is 1. The van der Waals surface area contributed by atoms with Crippen LogP contribution < -0.4 is 5.73 Å². The summed E-state index contributed by atoms with van der Waals surface area (Å²) in [5, 5.41) is 0. The van der Waals surface area contributed by atoms with E-state index in [4.69, 9.17) is 5.73 Å². The van der Waals surface area contributed by atoms with Crippen molar-refractivity contribution in [3.05, 3.63) is 0 Å². The number of hydrogen-bond acceptors (Lipinski definition) is 3. The molecule has 0 unspecified atom stereocenters. The number of carbonyl (C=O) groups is 1. The van der Waals surface area contributed by atoms with Crippen LogP contribution in [0.15, 0.2) is 0 Å². The summed E-state index contributed by atoms with van der Waals surface area (Å²) in [6.45, 7) is 6.52. The highest BCUT2D eigenvalue weighted by Crippen LogP contribution is 2.27. The zero-order chi connectivity index (χ0) is 13.0. The molecule has 2 N–H and O–H groups in total. The molecule has 0 aromatic heterocycles. The number of amides is 1. The van der Waals surface area contributed by atoms with Gasteiger partial charge in [-0.25, -0.2) is 0 Å². The van der Waals surface area contributed by atoms with Crippen LogP contribution in [-0.4, -0.2) is 54.5 Å². The lowest BCUT2D eigenvalue weighted by atomic mass is 9.94. The summed E-state index contributed by atoms with van der Waals surface area (Å²) in [5.41, 5.74) is 5.60. The molecule has 1 aliphatic heterocycles. The summed E-state index contributed by atoms with van der Waals surface area (Å²) in [6, 6.07) is 0.553. The highest BCUT2D eigenvalue weighted by Gasteiger charge is 2.32. The molecule has 18 heavy (non-hydrogen) atoms. The van der Waals surface area contributed by atoms with Crippen LogP contribution in [0, 0.1) is 5.92 Å². The minimum absolute atomic E-state index is 0.331. The number of nitrogens with two attached hydrogens (primary N) is 1.